The van der Waals surface area contributed by atoms with E-state index in [-0.39, 0.29) is 11.5 Å². The summed E-state index contributed by atoms with van der Waals surface area (Å²) < 4.78 is 0. The molecule has 0 bridgehead atoms. The smallest absolute Gasteiger partial charge is 0.0588 e. The maximum absolute atomic E-state index is 9.95. The zero-order valence-corrected chi connectivity index (χ0v) is 14.7. The van der Waals surface area contributed by atoms with Crippen LogP contribution in [-0.4, -0.2) is 11.2 Å². The second-order valence-corrected chi connectivity index (χ2v) is 7.56. The molecule has 1 N–H and O–H groups in total. The Bertz CT molecular complexity index is 192. The van der Waals surface area contributed by atoms with Gasteiger partial charge in [0, 0.05) is 0 Å². The largest absolute Gasteiger partial charge is 0.393 e. The quantitative estimate of drug-likeness (QED) is 0.383. The predicted octanol–water partition coefficient (Wildman–Crippen LogP) is 6.48. The van der Waals surface area contributed by atoms with Crippen LogP contribution in [-0.2, 0) is 0 Å². The number of unbranched alkanes of at least 4 members (excludes halogenated alkanes) is 11. The van der Waals surface area contributed by atoms with E-state index in [4.69, 9.17) is 0 Å². The normalized spacial score (nSPS) is 13.7. The number of aliphatic hydroxyl groups excluding tert-OH is 1. The Labute approximate surface area is 128 Å². The highest BCUT2D eigenvalue weighted by Gasteiger charge is 2.20. The maximum atomic E-state index is 9.95. The van der Waals surface area contributed by atoms with E-state index in [1.54, 1.807) is 0 Å². The molecule has 1 atom stereocenters. The minimum atomic E-state index is -0.134. The standard InChI is InChI=1S/C19H40O/c1-5-6-7-8-9-10-11-12-13-14-15-16-17-18(20)19(2,3)4/h18,20H,5-17H2,1-4H3. The van der Waals surface area contributed by atoms with Gasteiger partial charge in [-0.3, -0.25) is 0 Å². The lowest BCUT2D eigenvalue weighted by Crippen LogP contribution is -2.25. The second kappa shape index (κ2) is 12.7. The Balaban J connectivity index is 3.14. The molecule has 20 heavy (non-hydrogen) atoms. The second-order valence-electron chi connectivity index (χ2n) is 7.56. The molecule has 0 saturated heterocycles. The lowest BCUT2D eigenvalue weighted by molar-refractivity contribution is 0.0533. The fourth-order valence-electron chi connectivity index (χ4n) is 2.61. The van der Waals surface area contributed by atoms with E-state index in [0.29, 0.717) is 0 Å². The Hall–Kier alpha value is -0.0400. The third-order valence-electron chi connectivity index (χ3n) is 4.33. The van der Waals surface area contributed by atoms with Gasteiger partial charge in [0.05, 0.1) is 6.10 Å². The zero-order chi connectivity index (χ0) is 15.3. The van der Waals surface area contributed by atoms with Crippen molar-refractivity contribution in [2.24, 2.45) is 5.41 Å². The molecule has 0 aliphatic carbocycles. The van der Waals surface area contributed by atoms with Crippen LogP contribution in [0.1, 0.15) is 111 Å². The van der Waals surface area contributed by atoms with E-state index in [0.717, 1.165) is 6.42 Å². The van der Waals surface area contributed by atoms with Gasteiger partial charge in [0.2, 0.25) is 0 Å². The van der Waals surface area contributed by atoms with E-state index in [1.807, 2.05) is 0 Å². The van der Waals surface area contributed by atoms with Gasteiger partial charge in [-0.15, -0.1) is 0 Å². The summed E-state index contributed by atoms with van der Waals surface area (Å²) in [7, 11) is 0. The Kier molecular flexibility index (Phi) is 12.7. The van der Waals surface area contributed by atoms with E-state index in [9.17, 15) is 5.11 Å². The summed E-state index contributed by atoms with van der Waals surface area (Å²) in [5, 5.41) is 9.95. The third kappa shape index (κ3) is 13.0. The van der Waals surface area contributed by atoms with E-state index >= 15 is 0 Å². The first-order valence-corrected chi connectivity index (χ1v) is 9.16. The molecule has 0 amide bonds. The lowest BCUT2D eigenvalue weighted by Gasteiger charge is -2.25. The Morgan fingerprint density at radius 1 is 0.650 bits per heavy atom. The molecule has 0 aromatic carbocycles. The SMILES string of the molecule is CCCCCCCCCCCCCCC(O)C(C)(C)C. The number of hydrogen-bond acceptors (Lipinski definition) is 1. The Morgan fingerprint density at radius 2 is 1.00 bits per heavy atom. The molecule has 0 aromatic heterocycles. The summed E-state index contributed by atoms with van der Waals surface area (Å²) in [6.45, 7) is 8.65. The highest BCUT2D eigenvalue weighted by molar-refractivity contribution is 4.72. The number of aliphatic hydroxyl groups is 1. The molecule has 0 spiro atoms. The average Bonchev–Trinajstić information content (AvgIpc) is 2.38. The van der Waals surface area contributed by atoms with Crippen LogP contribution < -0.4 is 0 Å². The third-order valence-corrected chi connectivity index (χ3v) is 4.33. The van der Waals surface area contributed by atoms with Crippen LogP contribution in [0.3, 0.4) is 0 Å². The molecule has 1 nitrogen and oxygen atoms in total. The topological polar surface area (TPSA) is 20.2 Å². The van der Waals surface area contributed by atoms with Gasteiger partial charge < -0.3 is 5.11 Å². The molecule has 0 aromatic rings. The zero-order valence-electron chi connectivity index (χ0n) is 14.7. The number of rotatable bonds is 13. The maximum Gasteiger partial charge on any atom is 0.0588 e. The van der Waals surface area contributed by atoms with Crippen molar-refractivity contribution in [3.05, 3.63) is 0 Å². The van der Waals surface area contributed by atoms with Crippen molar-refractivity contribution < 1.29 is 5.11 Å². The van der Waals surface area contributed by atoms with Crippen molar-refractivity contribution in [3.8, 4) is 0 Å². The van der Waals surface area contributed by atoms with Gasteiger partial charge in [-0.2, -0.15) is 0 Å². The van der Waals surface area contributed by atoms with Crippen molar-refractivity contribution in [2.75, 3.05) is 0 Å². The van der Waals surface area contributed by atoms with Gasteiger partial charge in [-0.05, 0) is 11.8 Å². The van der Waals surface area contributed by atoms with Crippen molar-refractivity contribution in [1.82, 2.24) is 0 Å². The van der Waals surface area contributed by atoms with Gasteiger partial charge in [0.15, 0.2) is 0 Å². The fourth-order valence-corrected chi connectivity index (χ4v) is 2.61. The molecule has 0 fully saturated rings. The lowest BCUT2D eigenvalue weighted by atomic mass is 9.86. The highest BCUT2D eigenvalue weighted by Crippen LogP contribution is 2.23. The molecule has 0 aliphatic rings. The van der Waals surface area contributed by atoms with Gasteiger partial charge in [-0.25, -0.2) is 0 Å². The first-order chi connectivity index (χ1) is 9.48. The molecular formula is C19H40O. The molecule has 1 unspecified atom stereocenters. The van der Waals surface area contributed by atoms with Crippen molar-refractivity contribution in [3.63, 3.8) is 0 Å². The van der Waals surface area contributed by atoms with Crippen LogP contribution in [0.4, 0.5) is 0 Å². The molecule has 122 valence electrons. The minimum Gasteiger partial charge on any atom is -0.393 e. The monoisotopic (exact) mass is 284 g/mol. The minimum absolute atomic E-state index is 0.0533. The first-order valence-electron chi connectivity index (χ1n) is 9.16. The molecule has 1 heteroatoms. The Morgan fingerprint density at radius 3 is 1.35 bits per heavy atom. The van der Waals surface area contributed by atoms with Crippen molar-refractivity contribution >= 4 is 0 Å². The molecule has 0 heterocycles. The molecule has 0 radical (unpaired) electrons. The molecule has 0 saturated carbocycles. The summed E-state index contributed by atoms with van der Waals surface area (Å²) in [5.74, 6) is 0. The van der Waals surface area contributed by atoms with E-state index in [2.05, 4.69) is 27.7 Å². The number of hydrogen-bond donors (Lipinski definition) is 1. The molecular weight excluding hydrogens is 244 g/mol. The van der Waals surface area contributed by atoms with Gasteiger partial charge >= 0.3 is 0 Å². The van der Waals surface area contributed by atoms with Crippen LogP contribution in [0, 0.1) is 5.41 Å². The van der Waals surface area contributed by atoms with Crippen LogP contribution >= 0.6 is 0 Å². The van der Waals surface area contributed by atoms with E-state index < -0.39 is 0 Å². The summed E-state index contributed by atoms with van der Waals surface area (Å²) in [4.78, 5) is 0. The predicted molar refractivity (Wildman–Crippen MR) is 91.2 cm³/mol. The molecule has 0 rings (SSSR count). The van der Waals surface area contributed by atoms with Crippen LogP contribution in [0.2, 0.25) is 0 Å². The van der Waals surface area contributed by atoms with Gasteiger partial charge in [0.25, 0.3) is 0 Å². The van der Waals surface area contributed by atoms with Gasteiger partial charge in [0.1, 0.15) is 0 Å². The van der Waals surface area contributed by atoms with Crippen molar-refractivity contribution in [2.45, 2.75) is 117 Å². The van der Waals surface area contributed by atoms with Crippen molar-refractivity contribution in [1.29, 1.82) is 0 Å². The summed E-state index contributed by atoms with van der Waals surface area (Å²) in [6.07, 6.45) is 17.4. The van der Waals surface area contributed by atoms with Crippen LogP contribution in [0.25, 0.3) is 0 Å². The summed E-state index contributed by atoms with van der Waals surface area (Å²) >= 11 is 0. The average molecular weight is 285 g/mol. The molecule has 0 aliphatic heterocycles. The van der Waals surface area contributed by atoms with Crippen LogP contribution in [0.5, 0.6) is 0 Å². The summed E-state index contributed by atoms with van der Waals surface area (Å²) in [5.41, 5.74) is 0.0533. The van der Waals surface area contributed by atoms with Crippen LogP contribution in [0.15, 0.2) is 0 Å². The van der Waals surface area contributed by atoms with E-state index in [1.165, 1.54) is 77.0 Å². The van der Waals surface area contributed by atoms with Gasteiger partial charge in [-0.1, -0.05) is 105 Å². The summed E-state index contributed by atoms with van der Waals surface area (Å²) in [6, 6.07) is 0. The first kappa shape index (κ1) is 20.0. The fraction of sp³-hybridized carbons (Fsp3) is 1.00. The highest BCUT2D eigenvalue weighted by atomic mass is 16.3.